The molecule has 0 heterocycles. The second-order valence-corrected chi connectivity index (χ2v) is 25.4. The summed E-state index contributed by atoms with van der Waals surface area (Å²) in [6, 6.07) is 33.5. The van der Waals surface area contributed by atoms with Gasteiger partial charge in [-0.3, -0.25) is 0 Å². The van der Waals surface area contributed by atoms with E-state index in [4.69, 9.17) is 18.6 Å². The Balaban J connectivity index is 1.31. The fraction of sp³-hybridized carbons (Fsp3) is 0.143. The maximum atomic E-state index is 6.82. The van der Waals surface area contributed by atoms with Gasteiger partial charge in [0, 0.05) is 0 Å². The molecule has 4 aromatic rings. The van der Waals surface area contributed by atoms with Gasteiger partial charge in [-0.15, -0.1) is 0 Å². The van der Waals surface area contributed by atoms with Crippen molar-refractivity contribution >= 4 is 25.3 Å². The van der Waals surface area contributed by atoms with Crippen molar-refractivity contribution in [3.8, 4) is 22.3 Å². The average Bonchev–Trinajstić information content (AvgIpc) is 3.38. The van der Waals surface area contributed by atoms with Gasteiger partial charge in [-0.1, -0.05) is 0 Å². The van der Waals surface area contributed by atoms with Gasteiger partial charge in [0.15, 0.2) is 0 Å². The van der Waals surface area contributed by atoms with Crippen LogP contribution in [0.3, 0.4) is 0 Å². The van der Waals surface area contributed by atoms with Crippen LogP contribution in [0.25, 0.3) is 22.3 Å². The molecule has 0 atom stereocenters. The first-order valence-electron chi connectivity index (χ1n) is 11.2. The number of hydrogen-bond acceptors (Lipinski definition) is 0. The molecule has 2 aliphatic carbocycles. The van der Waals surface area contributed by atoms with Gasteiger partial charge in [0.2, 0.25) is 0 Å². The summed E-state index contributed by atoms with van der Waals surface area (Å²) in [7, 11) is 13.6. The minimum atomic E-state index is -2.04. The van der Waals surface area contributed by atoms with E-state index in [0.717, 1.165) is 24.9 Å². The molecule has 0 fully saturated rings. The van der Waals surface area contributed by atoms with Gasteiger partial charge >= 0.3 is 206 Å². The van der Waals surface area contributed by atoms with E-state index in [-0.39, 0.29) is 0 Å². The second-order valence-electron chi connectivity index (χ2n) is 8.95. The Morgan fingerprint density at radius 2 is 1.00 bits per heavy atom. The molecule has 0 spiro atoms. The molecule has 157 valence electrons. The molecule has 0 aliphatic heterocycles. The van der Waals surface area contributed by atoms with E-state index in [2.05, 4.69) is 84.9 Å². The third-order valence-electron chi connectivity index (χ3n) is 7.14. The van der Waals surface area contributed by atoms with Gasteiger partial charge in [-0.2, -0.15) is 0 Å². The van der Waals surface area contributed by atoms with Gasteiger partial charge < -0.3 is 0 Å². The van der Waals surface area contributed by atoms with E-state index in [1.807, 2.05) is 0 Å². The van der Waals surface area contributed by atoms with Crippen LogP contribution in [-0.4, -0.2) is 6.66 Å². The van der Waals surface area contributed by atoms with Crippen molar-refractivity contribution in [2.45, 2.75) is 24.9 Å². The summed E-state index contributed by atoms with van der Waals surface area (Å²) in [6.45, 7) is -1.33. The first kappa shape index (κ1) is 21.0. The van der Waals surface area contributed by atoms with Crippen LogP contribution in [0.4, 0.5) is 0 Å². The molecule has 4 heteroatoms. The molecule has 2 aliphatic rings. The molecule has 0 N–H and O–H groups in total. The summed E-state index contributed by atoms with van der Waals surface area (Å²) in [5.74, 6) is 0. The van der Waals surface area contributed by atoms with Gasteiger partial charge in [0.1, 0.15) is 0 Å². The van der Waals surface area contributed by atoms with Crippen molar-refractivity contribution < 1.29 is 15.0 Å². The zero-order valence-corrected chi connectivity index (χ0v) is 22.0. The molecule has 0 nitrogen and oxygen atoms in total. The summed E-state index contributed by atoms with van der Waals surface area (Å²) in [5.41, 5.74) is 14.5. The zero-order valence-electron chi connectivity index (χ0n) is 17.7. The molecule has 0 aromatic heterocycles. The van der Waals surface area contributed by atoms with E-state index in [1.165, 1.54) is 55.6 Å². The van der Waals surface area contributed by atoms with Crippen LogP contribution in [-0.2, 0) is 39.9 Å². The molecule has 0 saturated heterocycles. The van der Waals surface area contributed by atoms with E-state index >= 15 is 0 Å². The maximum absolute atomic E-state index is 6.82. The zero-order chi connectivity index (χ0) is 21.7. The van der Waals surface area contributed by atoms with E-state index < -0.39 is 21.7 Å². The molecular formula is C28H23Cl2SiTi. The molecule has 32 heavy (non-hydrogen) atoms. The Bertz CT molecular complexity index is 1230. The summed E-state index contributed by atoms with van der Waals surface area (Å²) >= 11 is -2.04. The third-order valence-corrected chi connectivity index (χ3v) is 22.1. The van der Waals surface area contributed by atoms with Gasteiger partial charge in [-0.25, -0.2) is 0 Å². The van der Waals surface area contributed by atoms with Gasteiger partial charge in [0.05, 0.1) is 0 Å². The summed E-state index contributed by atoms with van der Waals surface area (Å²) in [5, 5.41) is 0. The van der Waals surface area contributed by atoms with Crippen LogP contribution >= 0.6 is 18.6 Å². The Hall–Kier alpha value is -1.61. The summed E-state index contributed by atoms with van der Waals surface area (Å²) in [6.07, 6.45) is 2.08. The second kappa shape index (κ2) is 8.63. The topological polar surface area (TPSA) is 0 Å². The number of hydrogen-bond donors (Lipinski definition) is 0. The van der Waals surface area contributed by atoms with E-state index in [0.29, 0.717) is 0 Å². The first-order valence-corrected chi connectivity index (χ1v) is 20.5. The molecule has 0 saturated carbocycles. The van der Waals surface area contributed by atoms with Crippen molar-refractivity contribution in [3.63, 3.8) is 0 Å². The SMILES string of the molecule is [Cl][Ti]([Cl])[SiH](Cc1cccc2c1Cc1ccccc1-2)Cc1cccc2c1Cc1ccccc1-2. The molecular weight excluding hydrogens is 483 g/mol. The van der Waals surface area contributed by atoms with E-state index in [9.17, 15) is 0 Å². The number of halogens is 2. The number of benzene rings is 4. The van der Waals surface area contributed by atoms with Crippen LogP contribution < -0.4 is 0 Å². The third kappa shape index (κ3) is 3.65. The monoisotopic (exact) mass is 505 g/mol. The minimum absolute atomic E-state index is 1.04. The Morgan fingerprint density at radius 1 is 0.562 bits per heavy atom. The van der Waals surface area contributed by atoms with Gasteiger partial charge in [0.25, 0.3) is 0 Å². The predicted molar refractivity (Wildman–Crippen MR) is 136 cm³/mol. The first-order chi connectivity index (χ1) is 15.7. The van der Waals surface area contributed by atoms with Crippen molar-refractivity contribution in [3.05, 3.63) is 118 Å². The Morgan fingerprint density at radius 3 is 1.47 bits per heavy atom. The van der Waals surface area contributed by atoms with Crippen LogP contribution in [0.2, 0.25) is 0 Å². The standard InChI is InChI=1S/C28H23Si.2ClH.Ti/c1-3-11-23-19(7-1)15-27-21(9-5-13-25(23)27)17-29-18-22-10-6-14-26-24-12-4-2-8-20(24)16-28(22)26;;;/h1-14,29H,15-18H2;2*1H;/q;;;+2/p-2. The van der Waals surface area contributed by atoms with Crippen LogP contribution in [0.15, 0.2) is 84.9 Å². The fourth-order valence-electron chi connectivity index (χ4n) is 5.59. The quantitative estimate of drug-likeness (QED) is 0.215. The van der Waals surface area contributed by atoms with Crippen LogP contribution in [0, 0.1) is 0 Å². The molecule has 4 aromatic carbocycles. The van der Waals surface area contributed by atoms with Crippen molar-refractivity contribution in [1.29, 1.82) is 0 Å². The van der Waals surface area contributed by atoms with Crippen LogP contribution in [0.1, 0.15) is 33.4 Å². The van der Waals surface area contributed by atoms with Gasteiger partial charge in [-0.05, 0) is 0 Å². The molecule has 0 unspecified atom stereocenters. The van der Waals surface area contributed by atoms with Crippen molar-refractivity contribution in [2.24, 2.45) is 0 Å². The molecule has 6 rings (SSSR count). The number of rotatable bonds is 5. The van der Waals surface area contributed by atoms with E-state index in [1.54, 1.807) is 0 Å². The molecule has 0 amide bonds. The number of fused-ring (bicyclic) bond motifs is 6. The van der Waals surface area contributed by atoms with Crippen molar-refractivity contribution in [2.75, 3.05) is 0 Å². The van der Waals surface area contributed by atoms with Crippen LogP contribution in [0.5, 0.6) is 0 Å². The summed E-state index contributed by atoms with van der Waals surface area (Å²) in [4.78, 5) is 0. The Labute approximate surface area is 204 Å². The molecule has 0 bridgehead atoms. The fourth-order valence-corrected chi connectivity index (χ4v) is 15.2. The summed E-state index contributed by atoms with van der Waals surface area (Å²) < 4.78 is 0. The van der Waals surface area contributed by atoms with Crippen molar-refractivity contribution in [1.82, 2.24) is 0 Å². The molecule has 0 radical (unpaired) electrons. The predicted octanol–water partition coefficient (Wildman–Crippen LogP) is 7.34. The average molecular weight is 506 g/mol. The normalized spacial score (nSPS) is 13.0. The Kier molecular flexibility index (Phi) is 5.65.